The van der Waals surface area contributed by atoms with E-state index in [0.717, 1.165) is 25.5 Å². The highest BCUT2D eigenvalue weighted by Gasteiger charge is 2.36. The number of nitriles is 1. The number of carbonyl (C=O) groups excluding carboxylic acids is 1. The molecule has 0 atom stereocenters. The Morgan fingerprint density at radius 2 is 2.25 bits per heavy atom. The molecular formula is C6H7NO. The summed E-state index contributed by atoms with van der Waals surface area (Å²) in [5.74, 6) is 0. The first-order valence-electron chi connectivity index (χ1n) is 2.71. The highest BCUT2D eigenvalue weighted by Crippen LogP contribution is 2.37. The van der Waals surface area contributed by atoms with Crippen molar-refractivity contribution in [2.75, 3.05) is 0 Å². The average Bonchev–Trinajstić information content (AvgIpc) is 1.67. The Bertz CT molecular complexity index is 141. The van der Waals surface area contributed by atoms with Crippen LogP contribution in [0, 0.1) is 16.7 Å². The minimum absolute atomic E-state index is 0.569. The third-order valence-corrected chi connectivity index (χ3v) is 1.69. The Balaban J connectivity index is 2.62. The van der Waals surface area contributed by atoms with Crippen LogP contribution < -0.4 is 0 Å². The van der Waals surface area contributed by atoms with Gasteiger partial charge in [-0.3, -0.25) is 0 Å². The zero-order valence-electron chi connectivity index (χ0n) is 4.55. The second kappa shape index (κ2) is 1.59. The molecular weight excluding hydrogens is 102 g/mol. The first kappa shape index (κ1) is 5.30. The van der Waals surface area contributed by atoms with Crippen molar-refractivity contribution < 1.29 is 4.79 Å². The minimum atomic E-state index is -0.569. The van der Waals surface area contributed by atoms with Gasteiger partial charge in [0, 0.05) is 0 Å². The molecule has 0 aromatic rings. The predicted octanol–water partition coefficient (Wildman–Crippen LogP) is 0.879. The molecule has 0 spiro atoms. The summed E-state index contributed by atoms with van der Waals surface area (Å²) in [6.45, 7) is 0. The van der Waals surface area contributed by atoms with Crippen molar-refractivity contribution in [1.82, 2.24) is 0 Å². The molecule has 0 aromatic heterocycles. The van der Waals surface area contributed by atoms with Crippen LogP contribution in [-0.2, 0) is 4.79 Å². The molecule has 0 bridgehead atoms. The lowest BCUT2D eigenvalue weighted by Gasteiger charge is -2.28. The molecule has 2 heteroatoms. The van der Waals surface area contributed by atoms with E-state index in [4.69, 9.17) is 5.26 Å². The van der Waals surface area contributed by atoms with Crippen molar-refractivity contribution in [2.24, 2.45) is 5.41 Å². The summed E-state index contributed by atoms with van der Waals surface area (Å²) in [5.41, 5.74) is -0.569. The highest BCUT2D eigenvalue weighted by atomic mass is 16.1. The van der Waals surface area contributed by atoms with Crippen LogP contribution in [0.15, 0.2) is 0 Å². The van der Waals surface area contributed by atoms with Gasteiger partial charge in [0.05, 0.1) is 6.07 Å². The lowest BCUT2D eigenvalue weighted by atomic mass is 9.71. The number of nitrogens with zero attached hydrogens (tertiary/aromatic N) is 1. The van der Waals surface area contributed by atoms with E-state index in [0.29, 0.717) is 0 Å². The van der Waals surface area contributed by atoms with Gasteiger partial charge >= 0.3 is 0 Å². The van der Waals surface area contributed by atoms with Gasteiger partial charge in [0.1, 0.15) is 11.7 Å². The molecule has 1 saturated carbocycles. The van der Waals surface area contributed by atoms with E-state index in [-0.39, 0.29) is 0 Å². The smallest absolute Gasteiger partial charge is 0.140 e. The van der Waals surface area contributed by atoms with Crippen molar-refractivity contribution in [1.29, 1.82) is 5.26 Å². The monoisotopic (exact) mass is 109 g/mol. The average molecular weight is 109 g/mol. The standard InChI is InChI=1S/C6H7NO/c7-4-6(5-8)2-1-3-6/h5H,1-3H2. The normalized spacial score (nSPS) is 22.9. The summed E-state index contributed by atoms with van der Waals surface area (Å²) in [6.07, 6.45) is 3.35. The molecule has 0 amide bonds. The van der Waals surface area contributed by atoms with Crippen LogP contribution in [0.3, 0.4) is 0 Å². The molecule has 0 radical (unpaired) electrons. The van der Waals surface area contributed by atoms with Crippen molar-refractivity contribution >= 4 is 6.29 Å². The fourth-order valence-electron chi connectivity index (χ4n) is 0.814. The molecule has 0 aliphatic heterocycles. The molecule has 0 unspecified atom stereocenters. The van der Waals surface area contributed by atoms with E-state index in [1.165, 1.54) is 0 Å². The zero-order chi connectivity index (χ0) is 6.04. The highest BCUT2D eigenvalue weighted by molar-refractivity contribution is 5.65. The molecule has 1 fully saturated rings. The molecule has 0 heterocycles. The number of hydrogen-bond acceptors (Lipinski definition) is 2. The summed E-state index contributed by atoms with van der Waals surface area (Å²) in [7, 11) is 0. The van der Waals surface area contributed by atoms with Crippen LogP contribution in [0.25, 0.3) is 0 Å². The fourth-order valence-corrected chi connectivity index (χ4v) is 0.814. The minimum Gasteiger partial charge on any atom is -0.302 e. The van der Waals surface area contributed by atoms with E-state index in [9.17, 15) is 4.79 Å². The van der Waals surface area contributed by atoms with Gasteiger partial charge in [0.25, 0.3) is 0 Å². The van der Waals surface area contributed by atoms with Crippen molar-refractivity contribution in [3.63, 3.8) is 0 Å². The van der Waals surface area contributed by atoms with Crippen LogP contribution in [0.5, 0.6) is 0 Å². The second-order valence-electron chi connectivity index (χ2n) is 2.24. The molecule has 1 aliphatic carbocycles. The zero-order valence-corrected chi connectivity index (χ0v) is 4.55. The Labute approximate surface area is 48.1 Å². The SMILES string of the molecule is N#CC1(C=O)CCC1. The quantitative estimate of drug-likeness (QED) is 0.469. The van der Waals surface area contributed by atoms with E-state index in [1.807, 2.05) is 6.07 Å². The van der Waals surface area contributed by atoms with Gasteiger partial charge in [0.2, 0.25) is 0 Å². The number of carbonyl (C=O) groups is 1. The summed E-state index contributed by atoms with van der Waals surface area (Å²) < 4.78 is 0. The van der Waals surface area contributed by atoms with Gasteiger partial charge in [-0.1, -0.05) is 0 Å². The Hall–Kier alpha value is -0.840. The number of rotatable bonds is 1. The molecule has 0 aromatic carbocycles. The topological polar surface area (TPSA) is 40.9 Å². The summed E-state index contributed by atoms with van der Waals surface area (Å²) in [4.78, 5) is 10.1. The number of hydrogen-bond donors (Lipinski definition) is 0. The number of aldehydes is 1. The largest absolute Gasteiger partial charge is 0.302 e. The first-order valence-corrected chi connectivity index (χ1v) is 2.71. The van der Waals surface area contributed by atoms with Crippen molar-refractivity contribution in [3.8, 4) is 6.07 Å². The van der Waals surface area contributed by atoms with E-state index >= 15 is 0 Å². The Morgan fingerprint density at radius 3 is 2.25 bits per heavy atom. The van der Waals surface area contributed by atoms with Crippen LogP contribution in [0.1, 0.15) is 19.3 Å². The van der Waals surface area contributed by atoms with E-state index in [2.05, 4.69) is 0 Å². The van der Waals surface area contributed by atoms with Crippen molar-refractivity contribution in [2.45, 2.75) is 19.3 Å². The molecule has 42 valence electrons. The maximum Gasteiger partial charge on any atom is 0.140 e. The van der Waals surface area contributed by atoms with Crippen LogP contribution in [-0.4, -0.2) is 6.29 Å². The summed E-state index contributed by atoms with van der Waals surface area (Å²) in [6, 6.07) is 2.00. The Morgan fingerprint density at radius 1 is 1.62 bits per heavy atom. The fraction of sp³-hybridized carbons (Fsp3) is 0.667. The molecule has 8 heavy (non-hydrogen) atoms. The molecule has 2 nitrogen and oxygen atoms in total. The van der Waals surface area contributed by atoms with Gasteiger partial charge in [-0.15, -0.1) is 0 Å². The molecule has 1 rings (SSSR count). The van der Waals surface area contributed by atoms with Gasteiger partial charge in [-0.25, -0.2) is 0 Å². The van der Waals surface area contributed by atoms with Crippen LogP contribution in [0.2, 0.25) is 0 Å². The van der Waals surface area contributed by atoms with Gasteiger partial charge < -0.3 is 4.79 Å². The predicted molar refractivity (Wildman–Crippen MR) is 28.0 cm³/mol. The summed E-state index contributed by atoms with van der Waals surface area (Å²) >= 11 is 0. The molecule has 0 saturated heterocycles. The third-order valence-electron chi connectivity index (χ3n) is 1.69. The maximum atomic E-state index is 10.1. The van der Waals surface area contributed by atoms with Gasteiger partial charge in [0.15, 0.2) is 0 Å². The van der Waals surface area contributed by atoms with Gasteiger partial charge in [-0.2, -0.15) is 5.26 Å². The maximum absolute atomic E-state index is 10.1. The molecule has 1 aliphatic rings. The Kier molecular flexibility index (Phi) is 1.05. The third kappa shape index (κ3) is 0.516. The lowest BCUT2D eigenvalue weighted by Crippen LogP contribution is -2.28. The summed E-state index contributed by atoms with van der Waals surface area (Å²) in [5, 5.41) is 8.36. The second-order valence-corrected chi connectivity index (χ2v) is 2.24. The molecule has 0 N–H and O–H groups in total. The van der Waals surface area contributed by atoms with Crippen LogP contribution in [0.4, 0.5) is 0 Å². The van der Waals surface area contributed by atoms with Crippen LogP contribution >= 0.6 is 0 Å². The van der Waals surface area contributed by atoms with Crippen molar-refractivity contribution in [3.05, 3.63) is 0 Å². The van der Waals surface area contributed by atoms with E-state index < -0.39 is 5.41 Å². The van der Waals surface area contributed by atoms with Gasteiger partial charge in [-0.05, 0) is 19.3 Å². The lowest BCUT2D eigenvalue weighted by molar-refractivity contribution is -0.116. The first-order chi connectivity index (χ1) is 3.83. The van der Waals surface area contributed by atoms with E-state index in [1.54, 1.807) is 0 Å².